The van der Waals surface area contributed by atoms with Crippen molar-refractivity contribution < 1.29 is 14.7 Å². The molecule has 1 aromatic rings. The number of carboxylic acids is 1. The molecular weight excluding hydrogens is 258 g/mol. The highest BCUT2D eigenvalue weighted by atomic mass is 16.4. The zero-order valence-corrected chi connectivity index (χ0v) is 11.5. The van der Waals surface area contributed by atoms with Gasteiger partial charge in [0.05, 0.1) is 0 Å². The first-order chi connectivity index (χ1) is 9.59. The number of hydrogen-bond acceptors (Lipinski definition) is 3. The van der Waals surface area contributed by atoms with E-state index in [2.05, 4.69) is 10.3 Å². The van der Waals surface area contributed by atoms with Crippen LogP contribution in [-0.2, 0) is 11.3 Å². The van der Waals surface area contributed by atoms with Crippen molar-refractivity contribution in [3.63, 3.8) is 0 Å². The third-order valence-electron chi connectivity index (χ3n) is 3.64. The highest BCUT2D eigenvalue weighted by molar-refractivity contribution is 5.83. The Morgan fingerprint density at radius 1 is 1.45 bits per heavy atom. The fraction of sp³-hybridized carbons (Fsp3) is 0.500. The standard InChI is InChI=1S/C14H19N3O3/c1-10-3-2-8-17(12(10)13(18)19)14(20)16-9-11-4-6-15-7-5-11/h4-7,10,12H,2-3,8-9H2,1H3,(H,16,20)(H,18,19). The zero-order chi connectivity index (χ0) is 14.5. The minimum Gasteiger partial charge on any atom is -0.480 e. The molecule has 1 aliphatic rings. The summed E-state index contributed by atoms with van der Waals surface area (Å²) in [6, 6.07) is 2.57. The maximum Gasteiger partial charge on any atom is 0.326 e. The summed E-state index contributed by atoms with van der Waals surface area (Å²) in [5, 5.41) is 12.1. The van der Waals surface area contributed by atoms with E-state index in [1.54, 1.807) is 12.4 Å². The van der Waals surface area contributed by atoms with Gasteiger partial charge in [0.25, 0.3) is 0 Å². The van der Waals surface area contributed by atoms with Crippen LogP contribution >= 0.6 is 0 Å². The molecule has 1 aliphatic heterocycles. The van der Waals surface area contributed by atoms with Gasteiger partial charge in [-0.25, -0.2) is 9.59 Å². The molecule has 0 aromatic carbocycles. The number of carbonyl (C=O) groups excluding carboxylic acids is 1. The Morgan fingerprint density at radius 3 is 2.80 bits per heavy atom. The Bertz CT molecular complexity index is 478. The van der Waals surface area contributed by atoms with Crippen LogP contribution in [0.2, 0.25) is 0 Å². The predicted octanol–water partition coefficient (Wildman–Crippen LogP) is 1.48. The van der Waals surface area contributed by atoms with E-state index < -0.39 is 12.0 Å². The van der Waals surface area contributed by atoms with Crippen molar-refractivity contribution in [1.82, 2.24) is 15.2 Å². The summed E-state index contributed by atoms with van der Waals surface area (Å²) in [7, 11) is 0. The van der Waals surface area contributed by atoms with Crippen LogP contribution in [0.4, 0.5) is 4.79 Å². The van der Waals surface area contributed by atoms with Crippen LogP contribution in [0.15, 0.2) is 24.5 Å². The number of carboxylic acid groups (broad SMARTS) is 1. The second-order valence-electron chi connectivity index (χ2n) is 5.11. The largest absolute Gasteiger partial charge is 0.480 e. The van der Waals surface area contributed by atoms with Gasteiger partial charge in [0.2, 0.25) is 0 Å². The lowest BCUT2D eigenvalue weighted by Gasteiger charge is -2.37. The van der Waals surface area contributed by atoms with Gasteiger partial charge in [0, 0.05) is 25.5 Å². The normalized spacial score (nSPS) is 22.4. The molecule has 1 aromatic heterocycles. The van der Waals surface area contributed by atoms with Gasteiger partial charge in [-0.05, 0) is 36.5 Å². The van der Waals surface area contributed by atoms with Gasteiger partial charge in [-0.1, -0.05) is 6.92 Å². The molecule has 0 saturated carbocycles. The van der Waals surface area contributed by atoms with Gasteiger partial charge in [0.1, 0.15) is 6.04 Å². The number of nitrogens with zero attached hydrogens (tertiary/aromatic N) is 2. The minimum absolute atomic E-state index is 0.0204. The predicted molar refractivity (Wildman–Crippen MR) is 73.0 cm³/mol. The number of amides is 2. The number of rotatable bonds is 3. The fourth-order valence-electron chi connectivity index (χ4n) is 2.57. The molecule has 2 atom stereocenters. The summed E-state index contributed by atoms with van der Waals surface area (Å²) < 4.78 is 0. The Kier molecular flexibility index (Phi) is 4.55. The van der Waals surface area contributed by atoms with Gasteiger partial charge in [0.15, 0.2) is 0 Å². The molecule has 1 fully saturated rings. The Balaban J connectivity index is 1.98. The van der Waals surface area contributed by atoms with E-state index in [-0.39, 0.29) is 11.9 Å². The van der Waals surface area contributed by atoms with Gasteiger partial charge in [-0.3, -0.25) is 4.98 Å². The number of aliphatic carboxylic acids is 1. The van der Waals surface area contributed by atoms with Crippen molar-refractivity contribution in [2.75, 3.05) is 6.54 Å². The first kappa shape index (κ1) is 14.3. The molecule has 0 bridgehead atoms. The third kappa shape index (κ3) is 3.26. The SMILES string of the molecule is CC1CCCN(C(=O)NCc2ccncc2)C1C(=O)O. The number of pyridine rings is 1. The monoisotopic (exact) mass is 277 g/mol. The number of hydrogen-bond donors (Lipinski definition) is 2. The summed E-state index contributed by atoms with van der Waals surface area (Å²) in [5.41, 5.74) is 0.935. The zero-order valence-electron chi connectivity index (χ0n) is 11.5. The van der Waals surface area contributed by atoms with Crippen LogP contribution in [0.1, 0.15) is 25.3 Å². The fourth-order valence-corrected chi connectivity index (χ4v) is 2.57. The van der Waals surface area contributed by atoms with Gasteiger partial charge in [-0.15, -0.1) is 0 Å². The Hall–Kier alpha value is -2.11. The molecular formula is C14H19N3O3. The average molecular weight is 277 g/mol. The third-order valence-corrected chi connectivity index (χ3v) is 3.64. The first-order valence-corrected chi connectivity index (χ1v) is 6.76. The van der Waals surface area contributed by atoms with Crippen molar-refractivity contribution in [2.24, 2.45) is 5.92 Å². The molecule has 108 valence electrons. The second-order valence-corrected chi connectivity index (χ2v) is 5.11. The lowest BCUT2D eigenvalue weighted by molar-refractivity contribution is -0.145. The Labute approximate surface area is 117 Å². The molecule has 0 aliphatic carbocycles. The van der Waals surface area contributed by atoms with Gasteiger partial charge >= 0.3 is 12.0 Å². The highest BCUT2D eigenvalue weighted by Crippen LogP contribution is 2.23. The highest BCUT2D eigenvalue weighted by Gasteiger charge is 2.36. The quantitative estimate of drug-likeness (QED) is 0.876. The van der Waals surface area contributed by atoms with Gasteiger partial charge in [-0.2, -0.15) is 0 Å². The van der Waals surface area contributed by atoms with Crippen molar-refractivity contribution in [3.8, 4) is 0 Å². The van der Waals surface area contributed by atoms with E-state index >= 15 is 0 Å². The van der Waals surface area contributed by atoms with Crippen molar-refractivity contribution >= 4 is 12.0 Å². The number of piperidine rings is 1. The number of carbonyl (C=O) groups is 2. The maximum absolute atomic E-state index is 12.2. The summed E-state index contributed by atoms with van der Waals surface area (Å²) in [5.74, 6) is -0.954. The molecule has 2 unspecified atom stereocenters. The lowest BCUT2D eigenvalue weighted by Crippen LogP contribution is -2.54. The van der Waals surface area contributed by atoms with Crippen molar-refractivity contribution in [2.45, 2.75) is 32.4 Å². The molecule has 2 N–H and O–H groups in total. The molecule has 0 spiro atoms. The number of aromatic nitrogens is 1. The number of nitrogens with one attached hydrogen (secondary N) is 1. The van der Waals surface area contributed by atoms with Gasteiger partial charge < -0.3 is 15.3 Å². The van der Waals surface area contributed by atoms with Crippen LogP contribution in [0.5, 0.6) is 0 Å². The second kappa shape index (κ2) is 6.36. The smallest absolute Gasteiger partial charge is 0.326 e. The summed E-state index contributed by atoms with van der Waals surface area (Å²) in [4.78, 5) is 28.8. The lowest BCUT2D eigenvalue weighted by atomic mass is 9.91. The van der Waals surface area contributed by atoms with E-state index in [0.29, 0.717) is 13.1 Å². The summed E-state index contributed by atoms with van der Waals surface area (Å²) >= 11 is 0. The van der Waals surface area contributed by atoms with Crippen LogP contribution < -0.4 is 5.32 Å². The molecule has 2 rings (SSSR count). The van der Waals surface area contributed by atoms with Crippen LogP contribution in [0, 0.1) is 5.92 Å². The molecule has 2 amide bonds. The van der Waals surface area contributed by atoms with E-state index in [1.165, 1.54) is 4.90 Å². The van der Waals surface area contributed by atoms with Crippen LogP contribution in [0.25, 0.3) is 0 Å². The van der Waals surface area contributed by atoms with Crippen LogP contribution in [-0.4, -0.2) is 39.6 Å². The molecule has 0 radical (unpaired) electrons. The van der Waals surface area contributed by atoms with Crippen molar-refractivity contribution in [3.05, 3.63) is 30.1 Å². The Morgan fingerprint density at radius 2 is 2.15 bits per heavy atom. The molecule has 1 saturated heterocycles. The first-order valence-electron chi connectivity index (χ1n) is 6.76. The van der Waals surface area contributed by atoms with E-state index in [0.717, 1.165) is 18.4 Å². The van der Waals surface area contributed by atoms with E-state index in [1.807, 2.05) is 19.1 Å². The van der Waals surface area contributed by atoms with E-state index in [4.69, 9.17) is 0 Å². The molecule has 2 heterocycles. The van der Waals surface area contributed by atoms with Crippen molar-refractivity contribution in [1.29, 1.82) is 0 Å². The average Bonchev–Trinajstić information content (AvgIpc) is 2.45. The minimum atomic E-state index is -0.934. The molecule has 20 heavy (non-hydrogen) atoms. The molecule has 6 nitrogen and oxygen atoms in total. The molecule has 6 heteroatoms. The topological polar surface area (TPSA) is 82.5 Å². The van der Waals surface area contributed by atoms with Crippen LogP contribution in [0.3, 0.4) is 0 Å². The number of likely N-dealkylation sites (tertiary alicyclic amines) is 1. The summed E-state index contributed by atoms with van der Waals surface area (Å²) in [6.07, 6.45) is 4.99. The summed E-state index contributed by atoms with van der Waals surface area (Å²) in [6.45, 7) is 2.74. The van der Waals surface area contributed by atoms with E-state index in [9.17, 15) is 14.7 Å². The maximum atomic E-state index is 12.2. The number of urea groups is 1.